The van der Waals surface area contributed by atoms with Crippen molar-refractivity contribution in [2.75, 3.05) is 6.26 Å². The van der Waals surface area contributed by atoms with Crippen molar-refractivity contribution in [1.82, 2.24) is 0 Å². The van der Waals surface area contributed by atoms with Crippen LogP contribution in [-0.2, 0) is 4.79 Å². The van der Waals surface area contributed by atoms with Gasteiger partial charge in [-0.15, -0.1) is 11.8 Å². The number of thioether (sulfide) groups is 1. The highest BCUT2D eigenvalue weighted by atomic mass is 32.2. The van der Waals surface area contributed by atoms with E-state index in [-0.39, 0.29) is 0 Å². The van der Waals surface area contributed by atoms with Gasteiger partial charge in [-0.25, -0.2) is 4.99 Å². The SMILES string of the molecule is CSC(=NC1=CCC(C)CC1)C(N)=O. The molecule has 1 unspecified atom stereocenters. The molecule has 0 fully saturated rings. The summed E-state index contributed by atoms with van der Waals surface area (Å²) in [4.78, 5) is 15.2. The Morgan fingerprint density at radius 1 is 1.71 bits per heavy atom. The van der Waals surface area contributed by atoms with Gasteiger partial charge in [-0.3, -0.25) is 4.79 Å². The zero-order valence-corrected chi connectivity index (χ0v) is 9.43. The molecule has 1 aliphatic rings. The van der Waals surface area contributed by atoms with Crippen LogP contribution < -0.4 is 5.73 Å². The maximum Gasteiger partial charge on any atom is 0.273 e. The molecule has 0 saturated heterocycles. The largest absolute Gasteiger partial charge is 0.364 e. The number of allylic oxidation sites excluding steroid dienone is 2. The highest BCUT2D eigenvalue weighted by Crippen LogP contribution is 2.24. The van der Waals surface area contributed by atoms with Gasteiger partial charge in [0.05, 0.1) is 0 Å². The molecule has 0 aromatic rings. The van der Waals surface area contributed by atoms with Crippen molar-refractivity contribution in [3.8, 4) is 0 Å². The Bertz CT molecular complexity index is 284. The van der Waals surface area contributed by atoms with Crippen molar-refractivity contribution in [2.45, 2.75) is 26.2 Å². The number of primary amides is 1. The summed E-state index contributed by atoms with van der Waals surface area (Å²) in [7, 11) is 0. The zero-order chi connectivity index (χ0) is 10.6. The molecule has 0 aromatic carbocycles. The molecule has 14 heavy (non-hydrogen) atoms. The lowest BCUT2D eigenvalue weighted by atomic mass is 9.95. The topological polar surface area (TPSA) is 55.4 Å². The van der Waals surface area contributed by atoms with Crippen LogP contribution in [0, 0.1) is 5.92 Å². The van der Waals surface area contributed by atoms with E-state index in [0.29, 0.717) is 5.04 Å². The minimum Gasteiger partial charge on any atom is -0.364 e. The number of carbonyl (C=O) groups is 1. The number of carbonyl (C=O) groups excluding carboxylic acids is 1. The van der Waals surface area contributed by atoms with Gasteiger partial charge in [0, 0.05) is 5.70 Å². The van der Waals surface area contributed by atoms with E-state index in [1.807, 2.05) is 6.26 Å². The molecule has 4 heteroatoms. The van der Waals surface area contributed by atoms with Gasteiger partial charge in [0.25, 0.3) is 5.91 Å². The first-order chi connectivity index (χ1) is 6.63. The summed E-state index contributed by atoms with van der Waals surface area (Å²) < 4.78 is 0. The summed E-state index contributed by atoms with van der Waals surface area (Å²) in [5, 5.41) is 0.408. The van der Waals surface area contributed by atoms with Crippen LogP contribution in [0.5, 0.6) is 0 Å². The van der Waals surface area contributed by atoms with E-state index >= 15 is 0 Å². The average molecular weight is 212 g/mol. The molecular formula is C10H16N2OS. The Balaban J connectivity index is 2.70. The smallest absolute Gasteiger partial charge is 0.273 e. The van der Waals surface area contributed by atoms with Crippen LogP contribution in [0.4, 0.5) is 0 Å². The molecular weight excluding hydrogens is 196 g/mol. The minimum atomic E-state index is -0.433. The molecule has 0 saturated carbocycles. The molecule has 1 aliphatic carbocycles. The van der Waals surface area contributed by atoms with Crippen LogP contribution in [0.15, 0.2) is 16.8 Å². The van der Waals surface area contributed by atoms with Gasteiger partial charge in [0.2, 0.25) is 0 Å². The predicted molar refractivity (Wildman–Crippen MR) is 61.2 cm³/mol. The maximum atomic E-state index is 10.9. The summed E-state index contributed by atoms with van der Waals surface area (Å²) in [6.45, 7) is 2.22. The predicted octanol–water partition coefficient (Wildman–Crippen LogP) is 1.94. The van der Waals surface area contributed by atoms with Crippen molar-refractivity contribution >= 4 is 22.7 Å². The van der Waals surface area contributed by atoms with Crippen molar-refractivity contribution < 1.29 is 4.79 Å². The molecule has 1 atom stereocenters. The van der Waals surface area contributed by atoms with Crippen LogP contribution in [0.3, 0.4) is 0 Å². The number of nitrogens with two attached hydrogens (primary N) is 1. The van der Waals surface area contributed by atoms with E-state index in [2.05, 4.69) is 18.0 Å². The second-order valence-corrected chi connectivity index (χ2v) is 4.36. The van der Waals surface area contributed by atoms with E-state index in [0.717, 1.165) is 30.9 Å². The number of hydrogen-bond donors (Lipinski definition) is 1. The van der Waals surface area contributed by atoms with Crippen LogP contribution in [0.1, 0.15) is 26.2 Å². The zero-order valence-electron chi connectivity index (χ0n) is 8.62. The normalized spacial score (nSPS) is 23.1. The first kappa shape index (κ1) is 11.3. The molecule has 0 spiro atoms. The Morgan fingerprint density at radius 3 is 2.86 bits per heavy atom. The highest BCUT2D eigenvalue weighted by Gasteiger charge is 2.11. The standard InChI is InChI=1S/C10H16N2OS/c1-7-3-5-8(6-4-7)12-10(14-2)9(11)13/h5,7H,3-4,6H2,1-2H3,(H2,11,13). The molecule has 1 rings (SSSR count). The van der Waals surface area contributed by atoms with Crippen molar-refractivity contribution in [3.05, 3.63) is 11.8 Å². The van der Waals surface area contributed by atoms with Gasteiger partial charge in [-0.1, -0.05) is 13.0 Å². The van der Waals surface area contributed by atoms with Crippen LogP contribution in [-0.4, -0.2) is 17.2 Å². The van der Waals surface area contributed by atoms with Gasteiger partial charge in [-0.2, -0.15) is 0 Å². The lowest BCUT2D eigenvalue weighted by molar-refractivity contribution is -0.111. The fraction of sp³-hybridized carbons (Fsp3) is 0.600. The van der Waals surface area contributed by atoms with Gasteiger partial charge < -0.3 is 5.73 Å². The van der Waals surface area contributed by atoms with Gasteiger partial charge >= 0.3 is 0 Å². The molecule has 0 bridgehead atoms. The number of nitrogens with zero attached hydrogens (tertiary/aromatic N) is 1. The third-order valence-electron chi connectivity index (χ3n) is 2.30. The summed E-state index contributed by atoms with van der Waals surface area (Å²) in [6.07, 6.45) is 7.08. The first-order valence-corrected chi connectivity index (χ1v) is 5.97. The highest BCUT2D eigenvalue weighted by molar-refractivity contribution is 8.15. The number of hydrogen-bond acceptors (Lipinski definition) is 3. The third-order valence-corrected chi connectivity index (χ3v) is 2.98. The molecule has 2 N–H and O–H groups in total. The van der Waals surface area contributed by atoms with Gasteiger partial charge in [0.1, 0.15) is 0 Å². The molecule has 0 aromatic heterocycles. The Kier molecular flexibility index (Phi) is 4.20. The molecule has 0 radical (unpaired) electrons. The minimum absolute atomic E-state index is 0.408. The third kappa shape index (κ3) is 3.18. The van der Waals surface area contributed by atoms with E-state index < -0.39 is 5.91 Å². The van der Waals surface area contributed by atoms with E-state index in [4.69, 9.17) is 5.73 Å². The Hall–Kier alpha value is -0.770. The molecule has 78 valence electrons. The summed E-state index contributed by atoms with van der Waals surface area (Å²) in [5.41, 5.74) is 6.18. The number of amides is 1. The fourth-order valence-corrected chi connectivity index (χ4v) is 1.79. The monoisotopic (exact) mass is 212 g/mol. The Morgan fingerprint density at radius 2 is 2.43 bits per heavy atom. The molecule has 3 nitrogen and oxygen atoms in total. The average Bonchev–Trinajstić information content (AvgIpc) is 2.16. The van der Waals surface area contributed by atoms with E-state index in [1.54, 1.807) is 0 Å². The van der Waals surface area contributed by atoms with Crippen LogP contribution in [0.2, 0.25) is 0 Å². The second kappa shape index (κ2) is 5.20. The van der Waals surface area contributed by atoms with Crippen LogP contribution in [0.25, 0.3) is 0 Å². The molecule has 0 aliphatic heterocycles. The van der Waals surface area contributed by atoms with Gasteiger partial charge in [-0.05, 0) is 31.4 Å². The van der Waals surface area contributed by atoms with E-state index in [1.165, 1.54) is 11.8 Å². The fourth-order valence-electron chi connectivity index (χ4n) is 1.38. The second-order valence-electron chi connectivity index (χ2n) is 3.56. The van der Waals surface area contributed by atoms with Crippen LogP contribution >= 0.6 is 11.8 Å². The van der Waals surface area contributed by atoms with Gasteiger partial charge in [0.15, 0.2) is 5.04 Å². The number of aliphatic imine (C=N–C) groups is 1. The summed E-state index contributed by atoms with van der Waals surface area (Å²) in [5.74, 6) is 0.303. The van der Waals surface area contributed by atoms with Crippen molar-refractivity contribution in [3.63, 3.8) is 0 Å². The summed E-state index contributed by atoms with van der Waals surface area (Å²) >= 11 is 1.31. The summed E-state index contributed by atoms with van der Waals surface area (Å²) in [6, 6.07) is 0. The maximum absolute atomic E-state index is 10.9. The Labute approximate surface area is 88.8 Å². The quantitative estimate of drug-likeness (QED) is 0.533. The van der Waals surface area contributed by atoms with E-state index in [9.17, 15) is 4.79 Å². The first-order valence-electron chi connectivity index (χ1n) is 4.75. The van der Waals surface area contributed by atoms with Crippen molar-refractivity contribution in [1.29, 1.82) is 0 Å². The lowest BCUT2D eigenvalue weighted by Gasteiger charge is -2.15. The lowest BCUT2D eigenvalue weighted by Crippen LogP contribution is -2.20. The molecule has 0 heterocycles. The molecule has 1 amide bonds. The number of rotatable bonds is 1. The van der Waals surface area contributed by atoms with Crippen molar-refractivity contribution in [2.24, 2.45) is 16.6 Å².